The molecule has 96 valence electrons. The minimum Gasteiger partial charge on any atom is -0.422 e. The van der Waals surface area contributed by atoms with Crippen LogP contribution in [0.3, 0.4) is 0 Å². The van der Waals surface area contributed by atoms with Crippen LogP contribution in [0.4, 0.5) is 0 Å². The van der Waals surface area contributed by atoms with Gasteiger partial charge < -0.3 is 4.74 Å². The molecular formula is C13H7Cl2NO3. The van der Waals surface area contributed by atoms with Crippen LogP contribution < -0.4 is 4.74 Å². The van der Waals surface area contributed by atoms with Crippen LogP contribution in [-0.2, 0) is 0 Å². The van der Waals surface area contributed by atoms with Gasteiger partial charge in [0.15, 0.2) is 6.29 Å². The van der Waals surface area contributed by atoms with Crippen LogP contribution in [0.2, 0.25) is 10.0 Å². The van der Waals surface area contributed by atoms with Crippen molar-refractivity contribution >= 4 is 35.5 Å². The Morgan fingerprint density at radius 2 is 1.95 bits per heavy atom. The fourth-order valence-electron chi connectivity index (χ4n) is 1.33. The van der Waals surface area contributed by atoms with E-state index in [0.29, 0.717) is 11.3 Å². The summed E-state index contributed by atoms with van der Waals surface area (Å²) in [5.41, 5.74) is 0.194. The van der Waals surface area contributed by atoms with Gasteiger partial charge in [-0.1, -0.05) is 29.3 Å². The Hall–Kier alpha value is -1.91. The predicted molar refractivity (Wildman–Crippen MR) is 71.0 cm³/mol. The molecule has 0 aliphatic rings. The summed E-state index contributed by atoms with van der Waals surface area (Å²) in [4.78, 5) is 26.2. The molecule has 0 spiro atoms. The second-order valence-corrected chi connectivity index (χ2v) is 4.35. The summed E-state index contributed by atoms with van der Waals surface area (Å²) in [5.74, 6) is -0.431. The monoisotopic (exact) mass is 295 g/mol. The molecule has 0 aliphatic heterocycles. The number of pyridine rings is 1. The van der Waals surface area contributed by atoms with E-state index in [1.807, 2.05) is 0 Å². The normalized spacial score (nSPS) is 10.0. The zero-order chi connectivity index (χ0) is 13.8. The van der Waals surface area contributed by atoms with Crippen molar-refractivity contribution in [2.75, 3.05) is 0 Å². The third-order valence-corrected chi connectivity index (χ3v) is 2.94. The molecule has 1 aromatic carbocycles. The summed E-state index contributed by atoms with van der Waals surface area (Å²) < 4.78 is 5.08. The first-order valence-electron chi connectivity index (χ1n) is 5.19. The summed E-state index contributed by atoms with van der Waals surface area (Å²) >= 11 is 11.6. The number of aldehydes is 1. The minimum atomic E-state index is -0.679. The smallest absolute Gasteiger partial charge is 0.362 e. The maximum absolute atomic E-state index is 11.8. The Labute approximate surface area is 118 Å². The Balaban J connectivity index is 2.20. The van der Waals surface area contributed by atoms with Crippen LogP contribution in [-0.4, -0.2) is 17.2 Å². The number of hydrogen-bond acceptors (Lipinski definition) is 4. The molecular weight excluding hydrogens is 289 g/mol. The zero-order valence-corrected chi connectivity index (χ0v) is 11.0. The minimum absolute atomic E-state index is 0.0377. The number of esters is 1. The highest BCUT2D eigenvalue weighted by Crippen LogP contribution is 2.26. The molecule has 0 saturated carbocycles. The molecule has 0 N–H and O–H groups in total. The van der Waals surface area contributed by atoms with Gasteiger partial charge in [-0.15, -0.1) is 0 Å². The van der Waals surface area contributed by atoms with Crippen LogP contribution in [0.15, 0.2) is 36.4 Å². The van der Waals surface area contributed by atoms with Crippen LogP contribution in [0.5, 0.6) is 5.75 Å². The third kappa shape index (κ3) is 3.30. The van der Waals surface area contributed by atoms with Crippen LogP contribution in [0, 0.1) is 0 Å². The van der Waals surface area contributed by atoms with E-state index < -0.39 is 5.97 Å². The maximum atomic E-state index is 11.8. The lowest BCUT2D eigenvalue weighted by Crippen LogP contribution is -2.11. The number of carbonyl (C=O) groups excluding carboxylic acids is 2. The van der Waals surface area contributed by atoms with E-state index in [1.54, 1.807) is 6.07 Å². The summed E-state index contributed by atoms with van der Waals surface area (Å²) in [5, 5.41) is 0.643. The number of ether oxygens (including phenoxy) is 1. The van der Waals surface area contributed by atoms with Gasteiger partial charge in [0, 0.05) is 6.07 Å². The van der Waals surface area contributed by atoms with Gasteiger partial charge in [0.1, 0.15) is 17.1 Å². The quantitative estimate of drug-likeness (QED) is 0.495. The number of carbonyl (C=O) groups is 2. The van der Waals surface area contributed by atoms with E-state index >= 15 is 0 Å². The van der Waals surface area contributed by atoms with Crippen molar-refractivity contribution in [3.63, 3.8) is 0 Å². The number of nitrogens with zero attached hydrogens (tertiary/aromatic N) is 1. The van der Waals surface area contributed by atoms with E-state index in [9.17, 15) is 9.59 Å². The molecule has 1 heterocycles. The fourth-order valence-corrected chi connectivity index (χ4v) is 1.62. The van der Waals surface area contributed by atoms with Gasteiger partial charge in [0.25, 0.3) is 0 Å². The van der Waals surface area contributed by atoms with Crippen molar-refractivity contribution in [1.29, 1.82) is 0 Å². The van der Waals surface area contributed by atoms with Crippen LogP contribution >= 0.6 is 23.2 Å². The van der Waals surface area contributed by atoms with Gasteiger partial charge >= 0.3 is 5.97 Å². The Bertz CT molecular complexity index is 644. The highest BCUT2D eigenvalue weighted by molar-refractivity contribution is 6.42. The lowest BCUT2D eigenvalue weighted by molar-refractivity contribution is 0.0728. The third-order valence-electron chi connectivity index (χ3n) is 2.20. The Kier molecular flexibility index (Phi) is 4.14. The number of halogens is 2. The second kappa shape index (κ2) is 5.82. The molecule has 0 unspecified atom stereocenters. The van der Waals surface area contributed by atoms with Crippen molar-refractivity contribution in [2.45, 2.75) is 0 Å². The molecule has 0 radical (unpaired) electrons. The van der Waals surface area contributed by atoms with Gasteiger partial charge in [-0.3, -0.25) is 4.79 Å². The van der Waals surface area contributed by atoms with Crippen molar-refractivity contribution in [3.8, 4) is 5.75 Å². The van der Waals surface area contributed by atoms with Crippen LogP contribution in [0.1, 0.15) is 21.0 Å². The SMILES string of the molecule is O=Cc1cccc(C(=O)Oc2ccc(Cl)c(Cl)c2)n1. The van der Waals surface area contributed by atoms with Crippen molar-refractivity contribution in [3.05, 3.63) is 57.8 Å². The van der Waals surface area contributed by atoms with E-state index in [0.717, 1.165) is 0 Å². The average Bonchev–Trinajstić information content (AvgIpc) is 2.43. The molecule has 2 aromatic rings. The standard InChI is InChI=1S/C13H7Cl2NO3/c14-10-5-4-9(6-11(10)15)19-13(18)12-3-1-2-8(7-17)16-12/h1-7H. The number of aromatic nitrogens is 1. The molecule has 19 heavy (non-hydrogen) atoms. The number of benzene rings is 1. The molecule has 0 atom stereocenters. The molecule has 0 fully saturated rings. The molecule has 4 nitrogen and oxygen atoms in total. The molecule has 0 amide bonds. The lowest BCUT2D eigenvalue weighted by atomic mass is 10.3. The average molecular weight is 296 g/mol. The second-order valence-electron chi connectivity index (χ2n) is 3.53. The van der Waals surface area contributed by atoms with Crippen LogP contribution in [0.25, 0.3) is 0 Å². The van der Waals surface area contributed by atoms with Gasteiger partial charge in [-0.05, 0) is 24.3 Å². The van der Waals surface area contributed by atoms with Gasteiger partial charge in [-0.2, -0.15) is 0 Å². The summed E-state index contributed by atoms with van der Waals surface area (Å²) in [7, 11) is 0. The van der Waals surface area contributed by atoms with E-state index in [4.69, 9.17) is 27.9 Å². The molecule has 1 aromatic heterocycles. The summed E-state index contributed by atoms with van der Waals surface area (Å²) in [6.07, 6.45) is 0.552. The highest BCUT2D eigenvalue weighted by atomic mass is 35.5. The topological polar surface area (TPSA) is 56.3 Å². The zero-order valence-electron chi connectivity index (χ0n) is 9.47. The molecule has 2 rings (SSSR count). The van der Waals surface area contributed by atoms with Gasteiger partial charge in [-0.25, -0.2) is 9.78 Å². The van der Waals surface area contributed by atoms with Gasteiger partial charge in [0.05, 0.1) is 10.0 Å². The van der Waals surface area contributed by atoms with Crippen molar-refractivity contribution < 1.29 is 14.3 Å². The van der Waals surface area contributed by atoms with E-state index in [2.05, 4.69) is 4.98 Å². The Morgan fingerprint density at radius 3 is 2.63 bits per heavy atom. The van der Waals surface area contributed by atoms with E-state index in [-0.39, 0.29) is 22.2 Å². The fraction of sp³-hybridized carbons (Fsp3) is 0. The van der Waals surface area contributed by atoms with Gasteiger partial charge in [0.2, 0.25) is 0 Å². The predicted octanol–water partition coefficient (Wildman–Crippen LogP) is 3.42. The Morgan fingerprint density at radius 1 is 1.16 bits per heavy atom. The molecule has 0 aliphatic carbocycles. The number of rotatable bonds is 3. The first-order valence-corrected chi connectivity index (χ1v) is 5.95. The summed E-state index contributed by atoms with van der Waals surface area (Å²) in [6, 6.07) is 8.93. The first-order chi connectivity index (χ1) is 9.10. The van der Waals surface area contributed by atoms with E-state index in [1.165, 1.54) is 30.3 Å². The molecule has 6 heteroatoms. The van der Waals surface area contributed by atoms with Crippen molar-refractivity contribution in [1.82, 2.24) is 4.98 Å². The molecule has 0 saturated heterocycles. The molecule has 0 bridgehead atoms. The van der Waals surface area contributed by atoms with Crippen molar-refractivity contribution in [2.24, 2.45) is 0 Å². The lowest BCUT2D eigenvalue weighted by Gasteiger charge is -2.05. The maximum Gasteiger partial charge on any atom is 0.362 e. The highest BCUT2D eigenvalue weighted by Gasteiger charge is 2.11. The first kappa shape index (κ1) is 13.5. The largest absolute Gasteiger partial charge is 0.422 e. The summed E-state index contributed by atoms with van der Waals surface area (Å²) in [6.45, 7) is 0. The number of hydrogen-bond donors (Lipinski definition) is 0.